The van der Waals surface area contributed by atoms with Gasteiger partial charge in [0.05, 0.1) is 12.0 Å². The molecule has 1 aromatic carbocycles. The summed E-state index contributed by atoms with van der Waals surface area (Å²) in [6.45, 7) is 7.03. The first-order valence-corrected chi connectivity index (χ1v) is 8.09. The van der Waals surface area contributed by atoms with Crippen LogP contribution in [0.3, 0.4) is 0 Å². The predicted octanol–water partition coefficient (Wildman–Crippen LogP) is 2.92. The highest BCUT2D eigenvalue weighted by atomic mass is 16.8. The van der Waals surface area contributed by atoms with Crippen molar-refractivity contribution in [2.45, 2.75) is 39.5 Å². The topological polar surface area (TPSA) is 84.9 Å². The van der Waals surface area contributed by atoms with Gasteiger partial charge in [-0.05, 0) is 43.2 Å². The summed E-state index contributed by atoms with van der Waals surface area (Å²) in [6, 6.07) is 5.37. The fourth-order valence-corrected chi connectivity index (χ4v) is 3.00. The molecule has 1 aliphatic heterocycles. The van der Waals surface area contributed by atoms with Gasteiger partial charge in [-0.1, -0.05) is 12.1 Å². The smallest absolute Gasteiger partial charge is 0.345 e. The van der Waals surface area contributed by atoms with Crippen molar-refractivity contribution in [2.75, 3.05) is 5.32 Å². The van der Waals surface area contributed by atoms with Gasteiger partial charge in [0.1, 0.15) is 5.57 Å². The van der Waals surface area contributed by atoms with Crippen molar-refractivity contribution < 1.29 is 24.2 Å². The van der Waals surface area contributed by atoms with Crippen molar-refractivity contribution >= 4 is 17.4 Å². The van der Waals surface area contributed by atoms with E-state index >= 15 is 0 Å². The standard InChI is InChI=1S/C19H21NO5/c1-10-5-6-12(9-11(10)2)20-13-7-8-14(21)15(13)16-17(22)24-19(3,4)25-18(16)23/h5-9,13,15,20,22H,1-4H3. The molecule has 0 aromatic heterocycles. The summed E-state index contributed by atoms with van der Waals surface area (Å²) in [5.41, 5.74) is 2.93. The number of anilines is 1. The summed E-state index contributed by atoms with van der Waals surface area (Å²) in [5.74, 6) is -3.76. The van der Waals surface area contributed by atoms with E-state index in [-0.39, 0.29) is 11.4 Å². The number of aryl methyl sites for hydroxylation is 2. The van der Waals surface area contributed by atoms with Gasteiger partial charge in [-0.3, -0.25) is 4.79 Å². The third-order valence-corrected chi connectivity index (χ3v) is 4.42. The van der Waals surface area contributed by atoms with Crippen molar-refractivity contribution in [2.24, 2.45) is 5.92 Å². The predicted molar refractivity (Wildman–Crippen MR) is 91.9 cm³/mol. The van der Waals surface area contributed by atoms with Gasteiger partial charge in [-0.2, -0.15) is 0 Å². The molecule has 0 fully saturated rings. The summed E-state index contributed by atoms with van der Waals surface area (Å²) in [5, 5.41) is 13.4. The highest BCUT2D eigenvalue weighted by Crippen LogP contribution is 2.35. The molecule has 0 bridgehead atoms. The molecule has 0 saturated heterocycles. The molecule has 1 heterocycles. The number of nitrogens with one attached hydrogen (secondary N) is 1. The summed E-state index contributed by atoms with van der Waals surface area (Å²) >= 11 is 0. The number of aliphatic hydroxyl groups excluding tert-OH is 1. The van der Waals surface area contributed by atoms with E-state index in [1.165, 1.54) is 19.9 Å². The van der Waals surface area contributed by atoms with E-state index in [1.807, 2.05) is 32.0 Å². The van der Waals surface area contributed by atoms with E-state index in [2.05, 4.69) is 5.32 Å². The average molecular weight is 343 g/mol. The number of allylic oxidation sites excluding steroid dienone is 1. The molecular formula is C19H21NO5. The number of carbonyl (C=O) groups excluding carboxylic acids is 2. The van der Waals surface area contributed by atoms with Crippen molar-refractivity contribution in [1.29, 1.82) is 0 Å². The van der Waals surface area contributed by atoms with Gasteiger partial charge >= 0.3 is 5.97 Å². The Morgan fingerprint density at radius 1 is 1.12 bits per heavy atom. The number of hydrogen-bond acceptors (Lipinski definition) is 6. The number of ether oxygens (including phenoxy) is 2. The van der Waals surface area contributed by atoms with Crippen LogP contribution < -0.4 is 5.32 Å². The van der Waals surface area contributed by atoms with Gasteiger partial charge < -0.3 is 19.9 Å². The molecule has 1 aromatic rings. The fraction of sp³-hybridized carbons (Fsp3) is 0.368. The maximum Gasteiger partial charge on any atom is 0.345 e. The Balaban J connectivity index is 1.90. The van der Waals surface area contributed by atoms with Crippen molar-refractivity contribution in [1.82, 2.24) is 0 Å². The maximum absolute atomic E-state index is 12.3. The lowest BCUT2D eigenvalue weighted by Crippen LogP contribution is -2.42. The van der Waals surface area contributed by atoms with Gasteiger partial charge in [0.2, 0.25) is 0 Å². The molecular weight excluding hydrogens is 322 g/mol. The van der Waals surface area contributed by atoms with Crippen LogP contribution in [0.5, 0.6) is 0 Å². The van der Waals surface area contributed by atoms with Gasteiger partial charge in [0.15, 0.2) is 5.78 Å². The zero-order valence-electron chi connectivity index (χ0n) is 14.6. The minimum Gasteiger partial charge on any atom is -0.480 e. The summed E-state index contributed by atoms with van der Waals surface area (Å²) in [6.07, 6.45) is 3.08. The Morgan fingerprint density at radius 3 is 2.48 bits per heavy atom. The second-order valence-corrected chi connectivity index (χ2v) is 6.82. The fourth-order valence-electron chi connectivity index (χ4n) is 3.00. The number of cyclic esters (lactones) is 1. The van der Waals surface area contributed by atoms with E-state index in [4.69, 9.17) is 9.47 Å². The van der Waals surface area contributed by atoms with E-state index in [0.29, 0.717) is 0 Å². The molecule has 1 aliphatic carbocycles. The molecule has 25 heavy (non-hydrogen) atoms. The summed E-state index contributed by atoms with van der Waals surface area (Å²) in [7, 11) is 0. The first kappa shape index (κ1) is 17.1. The zero-order valence-corrected chi connectivity index (χ0v) is 14.6. The Kier molecular flexibility index (Phi) is 4.06. The van der Waals surface area contributed by atoms with E-state index in [0.717, 1.165) is 16.8 Å². The number of carbonyl (C=O) groups is 2. The number of ketones is 1. The molecule has 2 aliphatic rings. The number of aliphatic hydroxyl groups is 1. The third kappa shape index (κ3) is 3.24. The van der Waals surface area contributed by atoms with Crippen molar-refractivity contribution in [3.8, 4) is 0 Å². The molecule has 2 unspecified atom stereocenters. The highest BCUT2D eigenvalue weighted by molar-refractivity contribution is 6.05. The van der Waals surface area contributed by atoms with Crippen LogP contribution in [-0.4, -0.2) is 28.7 Å². The number of esters is 1. The Labute approximate surface area is 146 Å². The summed E-state index contributed by atoms with van der Waals surface area (Å²) < 4.78 is 10.4. The van der Waals surface area contributed by atoms with E-state index in [1.54, 1.807) is 6.08 Å². The molecule has 2 N–H and O–H groups in total. The van der Waals surface area contributed by atoms with E-state index < -0.39 is 29.7 Å². The van der Waals surface area contributed by atoms with Crippen LogP contribution in [0.2, 0.25) is 0 Å². The first-order valence-electron chi connectivity index (χ1n) is 8.09. The number of hydrogen-bond donors (Lipinski definition) is 2. The minimum absolute atomic E-state index is 0.157. The highest BCUT2D eigenvalue weighted by Gasteiger charge is 2.45. The molecule has 0 saturated carbocycles. The monoisotopic (exact) mass is 343 g/mol. The average Bonchev–Trinajstić information content (AvgIpc) is 2.83. The molecule has 6 heteroatoms. The van der Waals surface area contributed by atoms with Crippen LogP contribution in [0.15, 0.2) is 41.9 Å². The minimum atomic E-state index is -1.27. The van der Waals surface area contributed by atoms with Crippen molar-refractivity contribution in [3.63, 3.8) is 0 Å². The van der Waals surface area contributed by atoms with Gasteiger partial charge in [-0.25, -0.2) is 4.79 Å². The molecule has 132 valence electrons. The van der Waals surface area contributed by atoms with Crippen LogP contribution in [0.1, 0.15) is 25.0 Å². The zero-order chi connectivity index (χ0) is 18.4. The Bertz CT molecular complexity index is 806. The molecule has 0 amide bonds. The molecule has 0 spiro atoms. The SMILES string of the molecule is Cc1ccc(NC2C=CC(=O)C2C2=C(O)OC(C)(C)OC2=O)cc1C. The Hall–Kier alpha value is -2.76. The molecule has 2 atom stereocenters. The molecule has 3 rings (SSSR count). The second kappa shape index (κ2) is 5.95. The lowest BCUT2D eigenvalue weighted by atomic mass is 9.91. The molecule has 6 nitrogen and oxygen atoms in total. The van der Waals surface area contributed by atoms with Crippen LogP contribution in [-0.2, 0) is 19.1 Å². The van der Waals surface area contributed by atoms with Crippen LogP contribution in [0.25, 0.3) is 0 Å². The largest absolute Gasteiger partial charge is 0.480 e. The van der Waals surface area contributed by atoms with Gasteiger partial charge in [0, 0.05) is 19.5 Å². The number of rotatable bonds is 3. The lowest BCUT2D eigenvalue weighted by molar-refractivity contribution is -0.223. The maximum atomic E-state index is 12.3. The first-order chi connectivity index (χ1) is 11.7. The van der Waals surface area contributed by atoms with Crippen LogP contribution in [0, 0.1) is 19.8 Å². The lowest BCUT2D eigenvalue weighted by Gasteiger charge is -2.33. The quantitative estimate of drug-likeness (QED) is 0.821. The number of benzene rings is 1. The molecule has 0 radical (unpaired) electrons. The third-order valence-electron chi connectivity index (χ3n) is 4.42. The normalized spacial score (nSPS) is 25.0. The van der Waals surface area contributed by atoms with Crippen LogP contribution >= 0.6 is 0 Å². The Morgan fingerprint density at radius 2 is 1.84 bits per heavy atom. The summed E-state index contributed by atoms with van der Waals surface area (Å²) in [4.78, 5) is 24.6. The second-order valence-electron chi connectivity index (χ2n) is 6.82. The van der Waals surface area contributed by atoms with Gasteiger partial charge in [0.25, 0.3) is 11.7 Å². The van der Waals surface area contributed by atoms with E-state index in [9.17, 15) is 14.7 Å². The van der Waals surface area contributed by atoms with Gasteiger partial charge in [-0.15, -0.1) is 0 Å². The van der Waals surface area contributed by atoms with Crippen molar-refractivity contribution in [3.05, 3.63) is 53.0 Å². The van der Waals surface area contributed by atoms with Crippen LogP contribution in [0.4, 0.5) is 5.69 Å².